The smallest absolute Gasteiger partial charge is 0.254 e. The van der Waals surface area contributed by atoms with Gasteiger partial charge in [-0.05, 0) is 12.1 Å². The molecule has 0 bridgehead atoms. The van der Waals surface area contributed by atoms with Gasteiger partial charge in [-0.1, -0.05) is 0 Å². The third-order valence-electron chi connectivity index (χ3n) is 3.32. The van der Waals surface area contributed by atoms with Gasteiger partial charge in [0.25, 0.3) is 5.91 Å². The fourth-order valence-electron chi connectivity index (χ4n) is 2.41. The maximum absolute atomic E-state index is 12.0. The van der Waals surface area contributed by atoms with Crippen molar-refractivity contribution in [2.75, 3.05) is 19.6 Å². The predicted molar refractivity (Wildman–Crippen MR) is 55.4 cm³/mol. The summed E-state index contributed by atoms with van der Waals surface area (Å²) in [5.41, 5.74) is 0.746. The van der Waals surface area contributed by atoms with Crippen molar-refractivity contribution in [3.8, 4) is 0 Å². The minimum Gasteiger partial charge on any atom is -0.334 e. The summed E-state index contributed by atoms with van der Waals surface area (Å²) in [6, 6.07) is 3.97. The Labute approximate surface area is 88.3 Å². The molecule has 4 heteroatoms. The average Bonchev–Trinajstić information content (AvgIpc) is 2.61. The zero-order valence-corrected chi connectivity index (χ0v) is 8.39. The van der Waals surface area contributed by atoms with Gasteiger partial charge in [0.05, 0.1) is 6.04 Å². The lowest BCUT2D eigenvalue weighted by atomic mass is 9.91. The van der Waals surface area contributed by atoms with Gasteiger partial charge in [0, 0.05) is 43.5 Å². The van der Waals surface area contributed by atoms with Crippen LogP contribution in [0, 0.1) is 5.92 Å². The molecular formula is C11H13N3O. The summed E-state index contributed by atoms with van der Waals surface area (Å²) in [6.45, 7) is 2.91. The van der Waals surface area contributed by atoms with E-state index >= 15 is 0 Å². The van der Waals surface area contributed by atoms with Gasteiger partial charge < -0.3 is 10.2 Å². The molecule has 1 amide bonds. The highest BCUT2D eigenvalue weighted by Crippen LogP contribution is 2.29. The van der Waals surface area contributed by atoms with E-state index < -0.39 is 0 Å². The Morgan fingerprint density at radius 3 is 2.93 bits per heavy atom. The molecule has 4 nitrogen and oxygen atoms in total. The number of nitrogens with zero attached hydrogens (tertiary/aromatic N) is 2. The molecule has 2 aliphatic heterocycles. The van der Waals surface area contributed by atoms with Crippen LogP contribution in [0.4, 0.5) is 0 Å². The summed E-state index contributed by atoms with van der Waals surface area (Å²) < 4.78 is 0. The zero-order chi connectivity index (χ0) is 10.3. The first kappa shape index (κ1) is 8.85. The number of pyridine rings is 1. The van der Waals surface area contributed by atoms with Crippen molar-refractivity contribution in [3.05, 3.63) is 30.1 Å². The lowest BCUT2D eigenvalue weighted by Crippen LogP contribution is -2.58. The molecule has 2 unspecified atom stereocenters. The molecule has 0 aliphatic carbocycles. The SMILES string of the molecule is O=C(c1ccncc1)N1CC2CNCC21. The first-order valence-electron chi connectivity index (χ1n) is 5.28. The summed E-state index contributed by atoms with van der Waals surface area (Å²) in [5.74, 6) is 0.818. The minimum absolute atomic E-state index is 0.141. The van der Waals surface area contributed by atoms with Crippen molar-refractivity contribution in [2.24, 2.45) is 5.92 Å². The van der Waals surface area contributed by atoms with Crippen molar-refractivity contribution in [3.63, 3.8) is 0 Å². The van der Waals surface area contributed by atoms with E-state index in [0.717, 1.165) is 25.2 Å². The van der Waals surface area contributed by atoms with Gasteiger partial charge in [-0.2, -0.15) is 0 Å². The molecule has 1 aromatic rings. The number of fused-ring (bicyclic) bond motifs is 1. The van der Waals surface area contributed by atoms with Crippen molar-refractivity contribution in [1.82, 2.24) is 15.2 Å². The topological polar surface area (TPSA) is 45.2 Å². The van der Waals surface area contributed by atoms with Crippen molar-refractivity contribution in [1.29, 1.82) is 0 Å². The van der Waals surface area contributed by atoms with Crippen LogP contribution in [0.3, 0.4) is 0 Å². The highest BCUT2D eigenvalue weighted by atomic mass is 16.2. The normalized spacial score (nSPS) is 28.4. The van der Waals surface area contributed by atoms with Gasteiger partial charge >= 0.3 is 0 Å². The van der Waals surface area contributed by atoms with Gasteiger partial charge in [-0.25, -0.2) is 0 Å². The highest BCUT2D eigenvalue weighted by Gasteiger charge is 2.44. The Morgan fingerprint density at radius 2 is 2.20 bits per heavy atom. The molecule has 2 aliphatic rings. The number of aromatic nitrogens is 1. The van der Waals surface area contributed by atoms with E-state index in [0.29, 0.717) is 12.0 Å². The number of nitrogens with one attached hydrogen (secondary N) is 1. The monoisotopic (exact) mass is 203 g/mol. The number of amides is 1. The Kier molecular flexibility index (Phi) is 1.95. The molecule has 0 spiro atoms. The molecule has 2 atom stereocenters. The van der Waals surface area contributed by atoms with E-state index in [1.54, 1.807) is 24.5 Å². The van der Waals surface area contributed by atoms with E-state index in [2.05, 4.69) is 10.3 Å². The fraction of sp³-hybridized carbons (Fsp3) is 0.455. The number of rotatable bonds is 1. The summed E-state index contributed by atoms with van der Waals surface area (Å²) in [7, 11) is 0. The van der Waals surface area contributed by atoms with E-state index in [1.165, 1.54) is 0 Å². The van der Waals surface area contributed by atoms with Crippen LogP contribution < -0.4 is 5.32 Å². The van der Waals surface area contributed by atoms with Gasteiger partial charge in [0.1, 0.15) is 0 Å². The summed E-state index contributed by atoms with van der Waals surface area (Å²) in [6.07, 6.45) is 3.33. The number of hydrogen-bond acceptors (Lipinski definition) is 3. The summed E-state index contributed by atoms with van der Waals surface area (Å²) in [5, 5.41) is 3.31. The van der Waals surface area contributed by atoms with Crippen molar-refractivity contribution in [2.45, 2.75) is 6.04 Å². The van der Waals surface area contributed by atoms with Gasteiger partial charge in [-0.3, -0.25) is 9.78 Å². The minimum atomic E-state index is 0.141. The van der Waals surface area contributed by atoms with E-state index in [9.17, 15) is 4.79 Å². The standard InChI is InChI=1S/C11H13N3O/c15-11(8-1-3-12-4-2-8)14-7-9-5-13-6-10(9)14/h1-4,9-10,13H,5-7H2. The second kappa shape index (κ2) is 3.31. The van der Waals surface area contributed by atoms with Crippen molar-refractivity contribution >= 4 is 5.91 Å². The Balaban J connectivity index is 1.76. The molecule has 1 aromatic heterocycles. The largest absolute Gasteiger partial charge is 0.334 e. The molecule has 78 valence electrons. The van der Waals surface area contributed by atoms with Gasteiger partial charge in [-0.15, -0.1) is 0 Å². The maximum atomic E-state index is 12.0. The average molecular weight is 203 g/mol. The van der Waals surface area contributed by atoms with Gasteiger partial charge in [0.2, 0.25) is 0 Å². The van der Waals surface area contributed by atoms with E-state index in [1.807, 2.05) is 4.90 Å². The molecule has 3 rings (SSSR count). The number of likely N-dealkylation sites (tertiary alicyclic amines) is 1. The molecule has 0 aromatic carbocycles. The molecular weight excluding hydrogens is 190 g/mol. The number of carbonyl (C=O) groups excluding carboxylic acids is 1. The molecule has 3 heterocycles. The van der Waals surface area contributed by atoms with Crippen LogP contribution >= 0.6 is 0 Å². The van der Waals surface area contributed by atoms with Crippen LogP contribution in [-0.2, 0) is 0 Å². The number of carbonyl (C=O) groups is 1. The second-order valence-electron chi connectivity index (χ2n) is 4.18. The lowest BCUT2D eigenvalue weighted by Gasteiger charge is -2.43. The molecule has 2 saturated heterocycles. The van der Waals surface area contributed by atoms with E-state index in [-0.39, 0.29) is 5.91 Å². The lowest BCUT2D eigenvalue weighted by molar-refractivity contribution is 0.0327. The van der Waals surface area contributed by atoms with Crippen LogP contribution in [0.5, 0.6) is 0 Å². The third-order valence-corrected chi connectivity index (χ3v) is 3.32. The molecule has 0 radical (unpaired) electrons. The van der Waals surface area contributed by atoms with Crippen LogP contribution in [0.25, 0.3) is 0 Å². The predicted octanol–water partition coefficient (Wildman–Crippen LogP) is 0.125. The third kappa shape index (κ3) is 1.33. The summed E-state index contributed by atoms with van der Waals surface area (Å²) >= 11 is 0. The van der Waals surface area contributed by atoms with Crippen LogP contribution in [0.1, 0.15) is 10.4 Å². The quantitative estimate of drug-likeness (QED) is 0.705. The second-order valence-corrected chi connectivity index (χ2v) is 4.18. The first-order chi connectivity index (χ1) is 7.36. The van der Waals surface area contributed by atoms with Crippen LogP contribution in [0.2, 0.25) is 0 Å². The molecule has 2 fully saturated rings. The van der Waals surface area contributed by atoms with E-state index in [4.69, 9.17) is 0 Å². The van der Waals surface area contributed by atoms with Crippen LogP contribution in [-0.4, -0.2) is 41.5 Å². The fourth-order valence-corrected chi connectivity index (χ4v) is 2.41. The highest BCUT2D eigenvalue weighted by molar-refractivity contribution is 5.94. The summed E-state index contributed by atoms with van der Waals surface area (Å²) in [4.78, 5) is 17.9. The Hall–Kier alpha value is -1.42. The molecule has 1 N–H and O–H groups in total. The van der Waals surface area contributed by atoms with Crippen molar-refractivity contribution < 1.29 is 4.79 Å². The Morgan fingerprint density at radius 1 is 1.40 bits per heavy atom. The Bertz CT molecular complexity index is 379. The van der Waals surface area contributed by atoms with Crippen LogP contribution in [0.15, 0.2) is 24.5 Å². The zero-order valence-electron chi connectivity index (χ0n) is 8.39. The maximum Gasteiger partial charge on any atom is 0.254 e. The van der Waals surface area contributed by atoms with Gasteiger partial charge in [0.15, 0.2) is 0 Å². The molecule has 15 heavy (non-hydrogen) atoms. The first-order valence-corrected chi connectivity index (χ1v) is 5.28. The number of hydrogen-bond donors (Lipinski definition) is 1. The molecule has 0 saturated carbocycles.